The first-order valence-corrected chi connectivity index (χ1v) is 14.9. The second-order valence-electron chi connectivity index (χ2n) is 12.2. The zero-order valence-corrected chi connectivity index (χ0v) is 25.3. The number of nitrogens with zero attached hydrogens (tertiary/aromatic N) is 1. The molecule has 1 atom stereocenters. The van der Waals surface area contributed by atoms with Gasteiger partial charge in [0.15, 0.2) is 0 Å². The third-order valence-corrected chi connectivity index (χ3v) is 8.08. The van der Waals surface area contributed by atoms with Gasteiger partial charge >= 0.3 is 5.97 Å². The van der Waals surface area contributed by atoms with E-state index in [1.54, 1.807) is 0 Å². The van der Waals surface area contributed by atoms with Crippen LogP contribution >= 0.6 is 0 Å². The predicted molar refractivity (Wildman–Crippen MR) is 161 cm³/mol. The van der Waals surface area contributed by atoms with E-state index in [2.05, 4.69) is 70.7 Å². The van der Waals surface area contributed by atoms with Crippen LogP contribution in [-0.2, 0) is 17.8 Å². The van der Waals surface area contributed by atoms with Crippen molar-refractivity contribution in [3.63, 3.8) is 0 Å². The van der Waals surface area contributed by atoms with Crippen LogP contribution in [-0.4, -0.2) is 34.9 Å². The third-order valence-electron chi connectivity index (χ3n) is 8.08. The number of carboxylic acids is 1. The molecule has 2 aliphatic rings. The van der Waals surface area contributed by atoms with E-state index < -0.39 is 5.97 Å². The predicted octanol–water partition coefficient (Wildman–Crippen LogP) is 8.68. The van der Waals surface area contributed by atoms with E-state index in [4.69, 9.17) is 14.6 Å². The van der Waals surface area contributed by atoms with Crippen molar-refractivity contribution in [2.45, 2.75) is 124 Å². The number of ether oxygens (including phenoxy) is 2. The highest BCUT2D eigenvalue weighted by Crippen LogP contribution is 2.44. The zero-order chi connectivity index (χ0) is 28.4. The minimum Gasteiger partial charge on any atom is -0.487 e. The Balaban J connectivity index is 1.52. The maximum Gasteiger partial charge on any atom is 0.303 e. The SMILES string of the molecule is CC(C)=CCC/C(C)=C/CC/C(C)=C/CC[C@]1(C)CCc2c3c(cc(C)c2O1)OCN(CCCCC(=O)O)C3. The molecule has 0 bridgehead atoms. The van der Waals surface area contributed by atoms with Crippen LogP contribution in [0.4, 0.5) is 0 Å². The van der Waals surface area contributed by atoms with E-state index in [-0.39, 0.29) is 12.0 Å². The van der Waals surface area contributed by atoms with Crippen molar-refractivity contribution >= 4 is 5.97 Å². The lowest BCUT2D eigenvalue weighted by Gasteiger charge is -2.39. The largest absolute Gasteiger partial charge is 0.487 e. The summed E-state index contributed by atoms with van der Waals surface area (Å²) < 4.78 is 12.9. The van der Waals surface area contributed by atoms with Gasteiger partial charge in [0, 0.05) is 30.6 Å². The Kier molecular flexibility index (Phi) is 11.7. The average Bonchev–Trinajstić information content (AvgIpc) is 2.86. The lowest BCUT2D eigenvalue weighted by Crippen LogP contribution is -2.38. The number of fused-ring (bicyclic) bond motifs is 3. The van der Waals surface area contributed by atoms with Crippen LogP contribution in [0.2, 0.25) is 0 Å². The lowest BCUT2D eigenvalue weighted by atomic mass is 9.85. The molecule has 0 amide bonds. The number of hydrogen-bond acceptors (Lipinski definition) is 4. The maximum atomic E-state index is 10.8. The molecular formula is C34H51NO4. The lowest BCUT2D eigenvalue weighted by molar-refractivity contribution is -0.137. The van der Waals surface area contributed by atoms with Gasteiger partial charge in [0.2, 0.25) is 0 Å². The molecule has 5 nitrogen and oxygen atoms in total. The topological polar surface area (TPSA) is 59.0 Å². The van der Waals surface area contributed by atoms with Crippen LogP contribution in [0.15, 0.2) is 41.0 Å². The van der Waals surface area contributed by atoms with E-state index in [1.807, 2.05) is 0 Å². The highest BCUT2D eigenvalue weighted by atomic mass is 16.5. The molecule has 0 aliphatic carbocycles. The van der Waals surface area contributed by atoms with Gasteiger partial charge in [-0.05, 0) is 117 Å². The van der Waals surface area contributed by atoms with Crippen LogP contribution in [0, 0.1) is 6.92 Å². The fourth-order valence-electron chi connectivity index (χ4n) is 5.59. The molecule has 39 heavy (non-hydrogen) atoms. The zero-order valence-electron chi connectivity index (χ0n) is 25.3. The number of aliphatic carboxylic acids is 1. The number of carbonyl (C=O) groups is 1. The number of hydrogen-bond donors (Lipinski definition) is 1. The van der Waals surface area contributed by atoms with Crippen molar-refractivity contribution in [3.8, 4) is 11.5 Å². The van der Waals surface area contributed by atoms with Crippen molar-refractivity contribution in [2.75, 3.05) is 13.3 Å². The first-order chi connectivity index (χ1) is 18.6. The van der Waals surface area contributed by atoms with Crippen LogP contribution in [0.3, 0.4) is 0 Å². The van der Waals surface area contributed by atoms with Crippen LogP contribution in [0.1, 0.15) is 116 Å². The summed E-state index contributed by atoms with van der Waals surface area (Å²) >= 11 is 0. The number of benzene rings is 1. The highest BCUT2D eigenvalue weighted by molar-refractivity contribution is 5.66. The van der Waals surface area contributed by atoms with Gasteiger partial charge in [0.1, 0.15) is 23.8 Å². The van der Waals surface area contributed by atoms with Crippen LogP contribution in [0.25, 0.3) is 0 Å². The summed E-state index contributed by atoms with van der Waals surface area (Å²) in [5.41, 5.74) is 7.91. The molecule has 5 heteroatoms. The molecule has 1 aromatic rings. The molecule has 3 rings (SSSR count). The summed E-state index contributed by atoms with van der Waals surface area (Å²) in [4.78, 5) is 13.1. The van der Waals surface area contributed by atoms with Crippen LogP contribution in [0.5, 0.6) is 11.5 Å². The van der Waals surface area contributed by atoms with Crippen molar-refractivity contribution in [3.05, 3.63) is 57.7 Å². The molecular weight excluding hydrogens is 486 g/mol. The first-order valence-electron chi connectivity index (χ1n) is 14.9. The van der Waals surface area contributed by atoms with Crippen molar-refractivity contribution in [2.24, 2.45) is 0 Å². The van der Waals surface area contributed by atoms with Gasteiger partial charge in [-0.3, -0.25) is 9.69 Å². The standard InChI is InChI=1S/C34H51NO4/c1-25(2)12-9-13-26(3)14-10-15-27(4)16-11-19-34(6)20-18-29-30-23-35(21-8-7-17-32(36)37)24-38-31(30)22-28(5)33(29)39-34/h12,14,16,22H,7-11,13,15,17-21,23-24H2,1-6H3,(H,36,37)/b26-14+,27-16+/t34-/m1/s1. The molecule has 0 saturated carbocycles. The first kappa shape index (κ1) is 31.0. The second kappa shape index (κ2) is 14.7. The molecule has 0 saturated heterocycles. The third kappa shape index (κ3) is 9.86. The second-order valence-corrected chi connectivity index (χ2v) is 12.2. The fourth-order valence-corrected chi connectivity index (χ4v) is 5.59. The molecule has 2 heterocycles. The van der Waals surface area contributed by atoms with E-state index in [0.29, 0.717) is 13.2 Å². The summed E-state index contributed by atoms with van der Waals surface area (Å²) in [6.07, 6.45) is 17.5. The Labute approximate surface area is 237 Å². The van der Waals surface area contributed by atoms with Crippen molar-refractivity contribution < 1.29 is 19.4 Å². The molecule has 216 valence electrons. The Morgan fingerprint density at radius 1 is 1.00 bits per heavy atom. The molecule has 1 N–H and O–H groups in total. The number of carboxylic acid groups (broad SMARTS) is 1. The molecule has 0 radical (unpaired) electrons. The van der Waals surface area contributed by atoms with Gasteiger partial charge in [-0.15, -0.1) is 0 Å². The van der Waals surface area contributed by atoms with Gasteiger partial charge in [0.25, 0.3) is 0 Å². The summed E-state index contributed by atoms with van der Waals surface area (Å²) in [5.74, 6) is 1.31. The van der Waals surface area contributed by atoms with Gasteiger partial charge in [0.05, 0.1) is 0 Å². The van der Waals surface area contributed by atoms with Gasteiger partial charge in [-0.1, -0.05) is 34.9 Å². The van der Waals surface area contributed by atoms with E-state index in [0.717, 1.165) is 87.9 Å². The minimum absolute atomic E-state index is 0.157. The molecule has 0 aromatic heterocycles. The molecule has 0 unspecified atom stereocenters. The minimum atomic E-state index is -0.723. The van der Waals surface area contributed by atoms with E-state index in [9.17, 15) is 4.79 Å². The monoisotopic (exact) mass is 537 g/mol. The number of rotatable bonds is 14. The Bertz CT molecular complexity index is 1080. The summed E-state index contributed by atoms with van der Waals surface area (Å²) in [6, 6.07) is 2.14. The number of aryl methyl sites for hydroxylation is 1. The van der Waals surface area contributed by atoms with Crippen molar-refractivity contribution in [1.29, 1.82) is 0 Å². The smallest absolute Gasteiger partial charge is 0.303 e. The van der Waals surface area contributed by atoms with Gasteiger partial charge in [-0.2, -0.15) is 0 Å². The molecule has 2 aliphatic heterocycles. The fraction of sp³-hybridized carbons (Fsp3) is 0.618. The van der Waals surface area contributed by atoms with Gasteiger partial charge in [-0.25, -0.2) is 0 Å². The van der Waals surface area contributed by atoms with Gasteiger partial charge < -0.3 is 14.6 Å². The molecule has 0 spiro atoms. The summed E-state index contributed by atoms with van der Waals surface area (Å²) in [5, 5.41) is 8.89. The van der Waals surface area contributed by atoms with E-state index in [1.165, 1.54) is 27.8 Å². The highest BCUT2D eigenvalue weighted by Gasteiger charge is 2.35. The molecule has 0 fully saturated rings. The van der Waals surface area contributed by atoms with Crippen LogP contribution < -0.4 is 9.47 Å². The van der Waals surface area contributed by atoms with E-state index >= 15 is 0 Å². The quantitative estimate of drug-likeness (QED) is 0.190. The number of allylic oxidation sites excluding steroid dienone is 6. The Morgan fingerprint density at radius 3 is 2.38 bits per heavy atom. The summed E-state index contributed by atoms with van der Waals surface area (Å²) in [6.45, 7) is 15.5. The normalized spacial score (nSPS) is 19.5. The number of unbranched alkanes of at least 4 members (excludes halogenated alkanes) is 1. The summed E-state index contributed by atoms with van der Waals surface area (Å²) in [7, 11) is 0. The average molecular weight is 538 g/mol. The van der Waals surface area contributed by atoms with Crippen molar-refractivity contribution in [1.82, 2.24) is 4.90 Å². The Hall–Kier alpha value is -2.53. The maximum absolute atomic E-state index is 10.8. The Morgan fingerprint density at radius 2 is 1.69 bits per heavy atom. The molecule has 1 aromatic carbocycles.